The van der Waals surface area contributed by atoms with Crippen LogP contribution in [-0.4, -0.2) is 26.3 Å². The lowest BCUT2D eigenvalue weighted by Crippen LogP contribution is -2.08. The highest BCUT2D eigenvalue weighted by Crippen LogP contribution is 2.19. The first-order valence-electron chi connectivity index (χ1n) is 6.98. The summed E-state index contributed by atoms with van der Waals surface area (Å²) in [5.74, 6) is 3.50. The Morgan fingerprint density at radius 3 is 2.55 bits per heavy atom. The lowest BCUT2D eigenvalue weighted by atomic mass is 10.2. The number of aromatic nitrogens is 4. The second kappa shape index (κ2) is 6.36. The van der Waals surface area contributed by atoms with Crippen molar-refractivity contribution in [2.75, 3.05) is 17.2 Å². The molecule has 2 rings (SSSR count). The quantitative estimate of drug-likeness (QED) is 0.847. The van der Waals surface area contributed by atoms with Gasteiger partial charge in [-0.2, -0.15) is 5.10 Å². The maximum absolute atomic E-state index is 4.53. The van der Waals surface area contributed by atoms with Crippen LogP contribution in [0.2, 0.25) is 0 Å². The molecular weight excluding hydrogens is 252 g/mol. The van der Waals surface area contributed by atoms with E-state index in [9.17, 15) is 0 Å². The molecule has 6 heteroatoms. The van der Waals surface area contributed by atoms with Gasteiger partial charge < -0.3 is 10.6 Å². The molecular formula is C14H22N6. The van der Waals surface area contributed by atoms with Crippen molar-refractivity contribution in [3.63, 3.8) is 0 Å². The third kappa shape index (κ3) is 3.69. The zero-order valence-corrected chi connectivity index (χ0v) is 12.5. The average molecular weight is 274 g/mol. The molecule has 0 saturated carbocycles. The van der Waals surface area contributed by atoms with E-state index in [1.54, 1.807) is 4.68 Å². The molecule has 2 heterocycles. The van der Waals surface area contributed by atoms with Gasteiger partial charge in [-0.1, -0.05) is 20.8 Å². The Labute approximate surface area is 119 Å². The van der Waals surface area contributed by atoms with Crippen molar-refractivity contribution in [2.24, 2.45) is 7.05 Å². The van der Waals surface area contributed by atoms with Crippen LogP contribution in [0.1, 0.15) is 38.9 Å². The molecule has 2 aromatic rings. The largest absolute Gasteiger partial charge is 0.370 e. The molecule has 0 bridgehead atoms. The number of rotatable bonds is 6. The molecule has 0 radical (unpaired) electrons. The number of nitrogens with zero attached hydrogens (tertiary/aromatic N) is 4. The molecule has 0 unspecified atom stereocenters. The number of hydrogen-bond acceptors (Lipinski definition) is 5. The second-order valence-corrected chi connectivity index (χ2v) is 5.08. The summed E-state index contributed by atoms with van der Waals surface area (Å²) in [5.41, 5.74) is 0. The fraction of sp³-hybridized carbons (Fsp3) is 0.500. The Hall–Kier alpha value is -2.11. The number of nitrogens with one attached hydrogen (secondary N) is 2. The Morgan fingerprint density at radius 1 is 1.20 bits per heavy atom. The molecule has 0 atom stereocenters. The molecule has 2 N–H and O–H groups in total. The van der Waals surface area contributed by atoms with Crippen LogP contribution < -0.4 is 10.6 Å². The fourth-order valence-electron chi connectivity index (χ4n) is 1.74. The summed E-state index contributed by atoms with van der Waals surface area (Å²) in [6.07, 6.45) is 2.95. The first-order valence-corrected chi connectivity index (χ1v) is 6.98. The van der Waals surface area contributed by atoms with Gasteiger partial charge in [-0.25, -0.2) is 9.97 Å². The van der Waals surface area contributed by atoms with Gasteiger partial charge in [-0.3, -0.25) is 4.68 Å². The lowest BCUT2D eigenvalue weighted by molar-refractivity contribution is 0.767. The molecule has 2 aromatic heterocycles. The fourth-order valence-corrected chi connectivity index (χ4v) is 1.74. The predicted octanol–water partition coefficient (Wildman–Crippen LogP) is 2.90. The molecule has 0 fully saturated rings. The van der Waals surface area contributed by atoms with Gasteiger partial charge in [-0.05, 0) is 6.42 Å². The molecule has 0 aliphatic carbocycles. The minimum Gasteiger partial charge on any atom is -0.370 e. The Balaban J connectivity index is 2.23. The van der Waals surface area contributed by atoms with Gasteiger partial charge in [0.2, 0.25) is 0 Å². The standard InChI is InChI=1S/C14H22N6/c1-5-7-15-12-9-13(18-14(17-12)10(2)3)16-11-6-8-20(4)19-11/h6,8-10H,5,7H2,1-4H3,(H2,15,16,17,18,19). The van der Waals surface area contributed by atoms with E-state index in [0.29, 0.717) is 0 Å². The highest BCUT2D eigenvalue weighted by Gasteiger charge is 2.09. The zero-order valence-electron chi connectivity index (χ0n) is 12.5. The van der Waals surface area contributed by atoms with Crippen molar-refractivity contribution < 1.29 is 0 Å². The summed E-state index contributed by atoms with van der Waals surface area (Å²) in [5, 5.41) is 10.8. The zero-order chi connectivity index (χ0) is 14.5. The number of hydrogen-bond donors (Lipinski definition) is 2. The highest BCUT2D eigenvalue weighted by molar-refractivity contribution is 5.55. The van der Waals surface area contributed by atoms with Crippen LogP contribution in [0.25, 0.3) is 0 Å². The molecule has 0 amide bonds. The SMILES string of the molecule is CCCNc1cc(Nc2ccn(C)n2)nc(C(C)C)n1. The molecule has 0 aliphatic heterocycles. The summed E-state index contributed by atoms with van der Waals surface area (Å²) in [6.45, 7) is 7.20. The molecule has 0 aromatic carbocycles. The van der Waals surface area contributed by atoms with Crippen LogP contribution in [0.4, 0.5) is 17.5 Å². The second-order valence-electron chi connectivity index (χ2n) is 5.08. The summed E-state index contributed by atoms with van der Waals surface area (Å²) in [4.78, 5) is 9.06. The van der Waals surface area contributed by atoms with Gasteiger partial charge in [-0.15, -0.1) is 0 Å². The van der Waals surface area contributed by atoms with Crippen molar-refractivity contribution in [3.05, 3.63) is 24.2 Å². The van der Waals surface area contributed by atoms with Crippen LogP contribution in [0, 0.1) is 0 Å². The van der Waals surface area contributed by atoms with Gasteiger partial charge >= 0.3 is 0 Å². The normalized spacial score (nSPS) is 10.8. The van der Waals surface area contributed by atoms with Crippen molar-refractivity contribution in [1.82, 2.24) is 19.7 Å². The smallest absolute Gasteiger partial charge is 0.153 e. The van der Waals surface area contributed by atoms with E-state index < -0.39 is 0 Å². The number of aryl methyl sites for hydroxylation is 1. The molecule has 0 saturated heterocycles. The van der Waals surface area contributed by atoms with Gasteiger partial charge in [0, 0.05) is 37.8 Å². The first kappa shape index (κ1) is 14.3. The molecule has 6 nitrogen and oxygen atoms in total. The van der Waals surface area contributed by atoms with Gasteiger partial charge in [0.15, 0.2) is 5.82 Å². The summed E-state index contributed by atoms with van der Waals surface area (Å²) in [6, 6.07) is 3.83. The Morgan fingerprint density at radius 2 is 1.95 bits per heavy atom. The minimum absolute atomic E-state index is 0.280. The van der Waals surface area contributed by atoms with Crippen molar-refractivity contribution in [1.29, 1.82) is 0 Å². The topological polar surface area (TPSA) is 67.7 Å². The van der Waals surface area contributed by atoms with E-state index in [0.717, 1.165) is 36.2 Å². The van der Waals surface area contributed by atoms with Crippen molar-refractivity contribution in [3.8, 4) is 0 Å². The molecule has 108 valence electrons. The third-order valence-corrected chi connectivity index (χ3v) is 2.79. The van der Waals surface area contributed by atoms with Gasteiger partial charge in [0.25, 0.3) is 0 Å². The predicted molar refractivity (Wildman–Crippen MR) is 81.4 cm³/mol. The lowest BCUT2D eigenvalue weighted by Gasteiger charge is -2.11. The average Bonchev–Trinajstić information content (AvgIpc) is 2.81. The maximum atomic E-state index is 4.53. The van der Waals surface area contributed by atoms with Gasteiger partial charge in [0.05, 0.1) is 0 Å². The molecule has 0 aliphatic rings. The Bertz CT molecular complexity index is 561. The Kier molecular flexibility index (Phi) is 4.55. The van der Waals surface area contributed by atoms with Gasteiger partial charge in [0.1, 0.15) is 17.5 Å². The maximum Gasteiger partial charge on any atom is 0.153 e. The third-order valence-electron chi connectivity index (χ3n) is 2.79. The molecule has 0 spiro atoms. The van der Waals surface area contributed by atoms with Crippen LogP contribution >= 0.6 is 0 Å². The summed E-state index contributed by atoms with van der Waals surface area (Å²) < 4.78 is 1.75. The van der Waals surface area contributed by atoms with Crippen LogP contribution in [0.5, 0.6) is 0 Å². The highest BCUT2D eigenvalue weighted by atomic mass is 15.3. The first-order chi connectivity index (χ1) is 9.58. The molecule has 20 heavy (non-hydrogen) atoms. The summed E-state index contributed by atoms with van der Waals surface area (Å²) >= 11 is 0. The van der Waals surface area contributed by atoms with Crippen molar-refractivity contribution in [2.45, 2.75) is 33.1 Å². The van der Waals surface area contributed by atoms with E-state index in [1.807, 2.05) is 25.4 Å². The van der Waals surface area contributed by atoms with Crippen LogP contribution in [-0.2, 0) is 7.05 Å². The van der Waals surface area contributed by atoms with E-state index in [-0.39, 0.29) is 5.92 Å². The van der Waals surface area contributed by atoms with E-state index in [2.05, 4.69) is 46.5 Å². The van der Waals surface area contributed by atoms with E-state index in [4.69, 9.17) is 0 Å². The van der Waals surface area contributed by atoms with E-state index >= 15 is 0 Å². The van der Waals surface area contributed by atoms with E-state index in [1.165, 1.54) is 0 Å². The summed E-state index contributed by atoms with van der Waals surface area (Å²) in [7, 11) is 1.89. The minimum atomic E-state index is 0.280. The monoisotopic (exact) mass is 274 g/mol. The van der Waals surface area contributed by atoms with Crippen molar-refractivity contribution >= 4 is 17.5 Å². The van der Waals surface area contributed by atoms with Crippen LogP contribution in [0.3, 0.4) is 0 Å². The number of anilines is 3. The van der Waals surface area contributed by atoms with Crippen LogP contribution in [0.15, 0.2) is 18.3 Å².